The van der Waals surface area contributed by atoms with Crippen LogP contribution in [0.25, 0.3) is 0 Å². The molecule has 0 atom stereocenters. The van der Waals surface area contributed by atoms with Crippen molar-refractivity contribution in [2.45, 2.75) is 39.7 Å². The molecule has 20 heavy (non-hydrogen) atoms. The second kappa shape index (κ2) is 6.27. The maximum Gasteiger partial charge on any atom is 0.316 e. The number of rotatable bonds is 3. The van der Waals surface area contributed by atoms with Crippen LogP contribution in [0.4, 0.5) is 5.69 Å². The van der Waals surface area contributed by atoms with Crippen LogP contribution in [0.1, 0.15) is 33.6 Å². The predicted octanol–water partition coefficient (Wildman–Crippen LogP) is 2.80. The van der Waals surface area contributed by atoms with Crippen molar-refractivity contribution in [2.24, 2.45) is 5.41 Å². The molecular weight excluding hydrogens is 252 g/mol. The molecule has 0 bridgehead atoms. The first-order chi connectivity index (χ1) is 9.47. The van der Waals surface area contributed by atoms with Gasteiger partial charge in [0.1, 0.15) is 0 Å². The van der Waals surface area contributed by atoms with E-state index in [1.807, 2.05) is 45.0 Å². The molecule has 110 valence electrons. The number of esters is 1. The van der Waals surface area contributed by atoms with Crippen molar-refractivity contribution in [1.82, 2.24) is 5.32 Å². The monoisotopic (exact) mass is 276 g/mol. The predicted molar refractivity (Wildman–Crippen MR) is 81.0 cm³/mol. The molecular formula is C16H24N2O2. The first-order valence-electron chi connectivity index (χ1n) is 7.25. The minimum atomic E-state index is -0.498. The number of carbonyl (C=O) groups excluding carboxylic acids is 1. The van der Waals surface area contributed by atoms with Crippen molar-refractivity contribution in [3.63, 3.8) is 0 Å². The Morgan fingerprint density at radius 3 is 2.55 bits per heavy atom. The Bertz CT molecular complexity index is 460. The molecule has 1 aromatic rings. The van der Waals surface area contributed by atoms with Crippen LogP contribution in [0, 0.1) is 5.41 Å². The first-order valence-corrected chi connectivity index (χ1v) is 7.25. The van der Waals surface area contributed by atoms with Crippen LogP contribution in [-0.2, 0) is 4.79 Å². The molecule has 2 rings (SSSR count). The summed E-state index contributed by atoms with van der Waals surface area (Å²) in [5.74, 6) is 0.406. The fourth-order valence-electron chi connectivity index (χ4n) is 2.11. The van der Waals surface area contributed by atoms with Gasteiger partial charge in [0.25, 0.3) is 0 Å². The molecule has 0 aliphatic carbocycles. The zero-order valence-corrected chi connectivity index (χ0v) is 12.5. The third-order valence-electron chi connectivity index (χ3n) is 3.40. The summed E-state index contributed by atoms with van der Waals surface area (Å²) >= 11 is 0. The number of para-hydroxylation sites is 2. The summed E-state index contributed by atoms with van der Waals surface area (Å²) in [6, 6.07) is 8.09. The lowest BCUT2D eigenvalue weighted by Crippen LogP contribution is -2.35. The molecule has 0 saturated carbocycles. The van der Waals surface area contributed by atoms with Crippen molar-refractivity contribution >= 4 is 11.7 Å². The van der Waals surface area contributed by atoms with E-state index in [-0.39, 0.29) is 5.97 Å². The Balaban J connectivity index is 2.07. The molecule has 1 saturated heterocycles. The van der Waals surface area contributed by atoms with E-state index in [0.29, 0.717) is 11.8 Å². The number of nitrogens with one attached hydrogen (secondary N) is 2. The molecule has 1 aliphatic heterocycles. The second-order valence-electron chi connectivity index (χ2n) is 6.30. The SMILES string of the molecule is CC(C)(C)C(=O)Oc1ccccc1NC1CCNCC1. The summed E-state index contributed by atoms with van der Waals surface area (Å²) in [6.45, 7) is 7.64. The molecule has 4 nitrogen and oxygen atoms in total. The number of piperidine rings is 1. The third-order valence-corrected chi connectivity index (χ3v) is 3.40. The van der Waals surface area contributed by atoms with E-state index < -0.39 is 5.41 Å². The van der Waals surface area contributed by atoms with Crippen molar-refractivity contribution in [2.75, 3.05) is 18.4 Å². The molecule has 1 fully saturated rings. The van der Waals surface area contributed by atoms with Crippen molar-refractivity contribution < 1.29 is 9.53 Å². The average Bonchev–Trinajstić information content (AvgIpc) is 2.41. The molecule has 0 aromatic heterocycles. The van der Waals surface area contributed by atoms with E-state index in [1.165, 1.54) is 0 Å². The molecule has 0 radical (unpaired) electrons. The molecule has 1 aromatic carbocycles. The topological polar surface area (TPSA) is 50.4 Å². The van der Waals surface area contributed by atoms with Crippen LogP contribution in [0.15, 0.2) is 24.3 Å². The maximum atomic E-state index is 12.0. The molecule has 0 spiro atoms. The number of anilines is 1. The van der Waals surface area contributed by atoms with Crippen molar-refractivity contribution in [3.05, 3.63) is 24.3 Å². The highest BCUT2D eigenvalue weighted by molar-refractivity contribution is 5.79. The van der Waals surface area contributed by atoms with E-state index >= 15 is 0 Å². The van der Waals surface area contributed by atoms with Gasteiger partial charge in [0.15, 0.2) is 5.75 Å². The zero-order valence-electron chi connectivity index (χ0n) is 12.5. The molecule has 2 N–H and O–H groups in total. The number of hydrogen-bond donors (Lipinski definition) is 2. The van der Waals surface area contributed by atoms with E-state index in [0.717, 1.165) is 31.6 Å². The van der Waals surface area contributed by atoms with Crippen molar-refractivity contribution in [1.29, 1.82) is 0 Å². The molecule has 1 aliphatic rings. The largest absolute Gasteiger partial charge is 0.424 e. The second-order valence-corrected chi connectivity index (χ2v) is 6.30. The Kier molecular flexibility index (Phi) is 4.65. The third kappa shape index (κ3) is 3.97. The van der Waals surface area contributed by atoms with E-state index in [1.54, 1.807) is 0 Å². The highest BCUT2D eigenvalue weighted by Gasteiger charge is 2.25. The fourth-order valence-corrected chi connectivity index (χ4v) is 2.11. The smallest absolute Gasteiger partial charge is 0.316 e. The van der Waals surface area contributed by atoms with Gasteiger partial charge in [-0.25, -0.2) is 0 Å². The summed E-state index contributed by atoms with van der Waals surface area (Å²) in [6.07, 6.45) is 2.17. The Labute approximate surface area is 120 Å². The lowest BCUT2D eigenvalue weighted by atomic mass is 9.97. The minimum absolute atomic E-state index is 0.211. The van der Waals surface area contributed by atoms with E-state index in [9.17, 15) is 4.79 Å². The highest BCUT2D eigenvalue weighted by Crippen LogP contribution is 2.28. The van der Waals surface area contributed by atoms with E-state index in [4.69, 9.17) is 4.74 Å². The summed E-state index contributed by atoms with van der Waals surface area (Å²) in [7, 11) is 0. The maximum absolute atomic E-state index is 12.0. The van der Waals surface area contributed by atoms with Gasteiger partial charge in [-0.2, -0.15) is 0 Å². The number of ether oxygens (including phenoxy) is 1. The van der Waals surface area contributed by atoms with Gasteiger partial charge < -0.3 is 15.4 Å². The molecule has 0 unspecified atom stereocenters. The van der Waals surface area contributed by atoms with Crippen LogP contribution in [0.2, 0.25) is 0 Å². The summed E-state index contributed by atoms with van der Waals surface area (Å²) in [4.78, 5) is 12.0. The minimum Gasteiger partial charge on any atom is -0.424 e. The quantitative estimate of drug-likeness (QED) is 0.658. The normalized spacial score (nSPS) is 16.8. The van der Waals surface area contributed by atoms with Gasteiger partial charge in [0.2, 0.25) is 0 Å². The lowest BCUT2D eigenvalue weighted by molar-refractivity contribution is -0.142. The van der Waals surface area contributed by atoms with Gasteiger partial charge in [0.05, 0.1) is 11.1 Å². The Hall–Kier alpha value is -1.55. The molecule has 0 amide bonds. The summed E-state index contributed by atoms with van der Waals surface area (Å²) < 4.78 is 5.53. The van der Waals surface area contributed by atoms with Crippen LogP contribution >= 0.6 is 0 Å². The molecule has 1 heterocycles. The van der Waals surface area contributed by atoms with E-state index in [2.05, 4.69) is 10.6 Å². The van der Waals surface area contributed by atoms with Gasteiger partial charge in [0, 0.05) is 6.04 Å². The Morgan fingerprint density at radius 2 is 1.90 bits per heavy atom. The van der Waals surface area contributed by atoms with Crippen LogP contribution in [-0.4, -0.2) is 25.1 Å². The lowest BCUT2D eigenvalue weighted by Gasteiger charge is -2.26. The molecule has 4 heteroatoms. The number of carbonyl (C=O) groups is 1. The van der Waals surface area contributed by atoms with Crippen LogP contribution in [0.3, 0.4) is 0 Å². The van der Waals surface area contributed by atoms with Crippen LogP contribution < -0.4 is 15.4 Å². The summed E-state index contributed by atoms with van der Waals surface area (Å²) in [5.41, 5.74) is 0.402. The van der Waals surface area contributed by atoms with Crippen LogP contribution in [0.5, 0.6) is 5.75 Å². The fraction of sp³-hybridized carbons (Fsp3) is 0.562. The zero-order chi connectivity index (χ0) is 14.6. The highest BCUT2D eigenvalue weighted by atomic mass is 16.5. The first kappa shape index (κ1) is 14.9. The standard InChI is InChI=1S/C16H24N2O2/c1-16(2,3)15(19)20-14-7-5-4-6-13(14)18-12-8-10-17-11-9-12/h4-7,12,17-18H,8-11H2,1-3H3. The number of hydrogen-bond acceptors (Lipinski definition) is 4. The van der Waals surface area contributed by atoms with Gasteiger partial charge >= 0.3 is 5.97 Å². The Morgan fingerprint density at radius 1 is 1.25 bits per heavy atom. The summed E-state index contributed by atoms with van der Waals surface area (Å²) in [5, 5.41) is 6.83. The van der Waals surface area contributed by atoms with Crippen molar-refractivity contribution in [3.8, 4) is 5.75 Å². The van der Waals surface area contributed by atoms with Gasteiger partial charge in [-0.1, -0.05) is 12.1 Å². The van der Waals surface area contributed by atoms with Gasteiger partial charge in [-0.05, 0) is 58.8 Å². The van der Waals surface area contributed by atoms with Gasteiger partial charge in [-0.3, -0.25) is 4.79 Å². The van der Waals surface area contributed by atoms with Gasteiger partial charge in [-0.15, -0.1) is 0 Å². The number of benzene rings is 1. The average molecular weight is 276 g/mol.